The third-order valence-electron chi connectivity index (χ3n) is 4.66. The van der Waals surface area contributed by atoms with Gasteiger partial charge in [-0.2, -0.15) is 0 Å². The zero-order valence-corrected chi connectivity index (χ0v) is 17.1. The SMILES string of the molecule is COCCN(CC(=O)NCc1ccccc1F)CC(=O)Nc1cccc(C)c1C. The van der Waals surface area contributed by atoms with Crippen molar-refractivity contribution in [2.45, 2.75) is 20.4 Å². The molecule has 2 aromatic carbocycles. The summed E-state index contributed by atoms with van der Waals surface area (Å²) in [5.74, 6) is -0.863. The summed E-state index contributed by atoms with van der Waals surface area (Å²) >= 11 is 0. The lowest BCUT2D eigenvalue weighted by Crippen LogP contribution is -2.42. The Hall–Kier alpha value is -2.77. The molecule has 2 N–H and O–H groups in total. The number of rotatable bonds is 10. The Labute approximate surface area is 171 Å². The molecule has 0 aliphatic heterocycles. The third-order valence-corrected chi connectivity index (χ3v) is 4.66. The highest BCUT2D eigenvalue weighted by Crippen LogP contribution is 2.17. The molecule has 0 unspecified atom stereocenters. The highest BCUT2D eigenvalue weighted by Gasteiger charge is 2.16. The number of benzene rings is 2. The van der Waals surface area contributed by atoms with E-state index in [1.165, 1.54) is 6.07 Å². The van der Waals surface area contributed by atoms with E-state index in [-0.39, 0.29) is 37.3 Å². The van der Waals surface area contributed by atoms with E-state index in [2.05, 4.69) is 10.6 Å². The molecule has 0 spiro atoms. The Balaban J connectivity index is 1.92. The van der Waals surface area contributed by atoms with E-state index in [4.69, 9.17) is 4.74 Å². The number of hydrogen-bond donors (Lipinski definition) is 2. The molecule has 29 heavy (non-hydrogen) atoms. The molecule has 7 heteroatoms. The van der Waals surface area contributed by atoms with Gasteiger partial charge in [0.25, 0.3) is 0 Å². The highest BCUT2D eigenvalue weighted by atomic mass is 19.1. The van der Waals surface area contributed by atoms with Gasteiger partial charge >= 0.3 is 0 Å². The predicted octanol–water partition coefficient (Wildman–Crippen LogP) is 2.65. The number of nitrogens with one attached hydrogen (secondary N) is 2. The van der Waals surface area contributed by atoms with Crippen LogP contribution >= 0.6 is 0 Å². The highest BCUT2D eigenvalue weighted by molar-refractivity contribution is 5.93. The number of aryl methyl sites for hydroxylation is 1. The summed E-state index contributed by atoms with van der Waals surface area (Å²) in [6.07, 6.45) is 0. The zero-order valence-electron chi connectivity index (χ0n) is 17.1. The first-order valence-corrected chi connectivity index (χ1v) is 9.48. The minimum absolute atomic E-state index is 0.0119. The van der Waals surface area contributed by atoms with E-state index >= 15 is 0 Å². The topological polar surface area (TPSA) is 70.7 Å². The van der Waals surface area contributed by atoms with Crippen LogP contribution in [0.2, 0.25) is 0 Å². The zero-order chi connectivity index (χ0) is 21.2. The average molecular weight is 401 g/mol. The largest absolute Gasteiger partial charge is 0.383 e. The summed E-state index contributed by atoms with van der Waals surface area (Å²) in [6.45, 7) is 4.89. The number of anilines is 1. The number of hydrogen-bond acceptors (Lipinski definition) is 4. The first-order chi connectivity index (χ1) is 13.9. The Morgan fingerprint density at radius 3 is 2.48 bits per heavy atom. The molecule has 2 rings (SSSR count). The molecule has 0 saturated heterocycles. The summed E-state index contributed by atoms with van der Waals surface area (Å²) in [4.78, 5) is 26.5. The van der Waals surface area contributed by atoms with Crippen molar-refractivity contribution in [1.82, 2.24) is 10.2 Å². The molecule has 0 aromatic heterocycles. The van der Waals surface area contributed by atoms with Crippen LogP contribution in [0.1, 0.15) is 16.7 Å². The number of ether oxygens (including phenoxy) is 1. The summed E-state index contributed by atoms with van der Waals surface area (Å²) in [6, 6.07) is 12.0. The van der Waals surface area contributed by atoms with Gasteiger partial charge < -0.3 is 15.4 Å². The summed E-state index contributed by atoms with van der Waals surface area (Å²) in [5, 5.41) is 5.59. The predicted molar refractivity (Wildman–Crippen MR) is 111 cm³/mol. The maximum absolute atomic E-state index is 13.7. The van der Waals surface area contributed by atoms with Crippen molar-refractivity contribution in [3.63, 3.8) is 0 Å². The molecule has 0 saturated carbocycles. The number of carbonyl (C=O) groups excluding carboxylic acids is 2. The average Bonchev–Trinajstić information content (AvgIpc) is 2.69. The smallest absolute Gasteiger partial charge is 0.238 e. The number of carbonyl (C=O) groups is 2. The fourth-order valence-electron chi connectivity index (χ4n) is 2.81. The second-order valence-electron chi connectivity index (χ2n) is 6.87. The Morgan fingerprint density at radius 2 is 1.76 bits per heavy atom. The van der Waals surface area contributed by atoms with Gasteiger partial charge in [-0.1, -0.05) is 30.3 Å². The van der Waals surface area contributed by atoms with Gasteiger partial charge in [0.15, 0.2) is 0 Å². The van der Waals surface area contributed by atoms with Crippen LogP contribution in [0, 0.1) is 19.7 Å². The van der Waals surface area contributed by atoms with Gasteiger partial charge in [0.1, 0.15) is 5.82 Å². The molecule has 156 valence electrons. The van der Waals surface area contributed by atoms with Gasteiger partial charge in [0.05, 0.1) is 19.7 Å². The fourth-order valence-corrected chi connectivity index (χ4v) is 2.81. The summed E-state index contributed by atoms with van der Waals surface area (Å²) in [5.41, 5.74) is 3.26. The molecule has 0 radical (unpaired) electrons. The molecule has 0 aliphatic carbocycles. The van der Waals surface area contributed by atoms with Gasteiger partial charge in [-0.15, -0.1) is 0 Å². The van der Waals surface area contributed by atoms with Crippen LogP contribution in [-0.4, -0.2) is 50.1 Å². The number of methoxy groups -OCH3 is 1. The van der Waals surface area contributed by atoms with E-state index in [0.717, 1.165) is 16.8 Å². The molecule has 2 amide bonds. The van der Waals surface area contributed by atoms with E-state index in [1.807, 2.05) is 32.0 Å². The first kappa shape index (κ1) is 22.5. The Morgan fingerprint density at radius 1 is 1.03 bits per heavy atom. The van der Waals surface area contributed by atoms with Crippen molar-refractivity contribution in [1.29, 1.82) is 0 Å². The molecule has 0 atom stereocenters. The van der Waals surface area contributed by atoms with E-state index in [0.29, 0.717) is 18.7 Å². The van der Waals surface area contributed by atoms with E-state index < -0.39 is 0 Å². The minimum Gasteiger partial charge on any atom is -0.383 e. The van der Waals surface area contributed by atoms with Crippen LogP contribution in [0.25, 0.3) is 0 Å². The van der Waals surface area contributed by atoms with E-state index in [1.54, 1.807) is 30.2 Å². The standard InChI is InChI=1S/C22H28FN3O3/c1-16-7-6-10-20(17(16)2)25-22(28)15-26(11-12-29-3)14-21(27)24-13-18-8-4-5-9-19(18)23/h4-10H,11-15H2,1-3H3,(H,24,27)(H,25,28). The van der Waals surface area contributed by atoms with Gasteiger partial charge in [-0.3, -0.25) is 14.5 Å². The molecule has 0 fully saturated rings. The molecule has 6 nitrogen and oxygen atoms in total. The van der Waals surface area contributed by atoms with Crippen molar-refractivity contribution < 1.29 is 18.7 Å². The maximum atomic E-state index is 13.7. The van der Waals surface area contributed by atoms with Gasteiger partial charge in [0, 0.05) is 31.5 Å². The number of nitrogens with zero attached hydrogens (tertiary/aromatic N) is 1. The molecular weight excluding hydrogens is 373 g/mol. The second-order valence-corrected chi connectivity index (χ2v) is 6.87. The minimum atomic E-state index is -0.364. The van der Waals surface area contributed by atoms with Crippen molar-refractivity contribution in [2.24, 2.45) is 0 Å². The molecule has 0 heterocycles. The van der Waals surface area contributed by atoms with Gasteiger partial charge in [-0.05, 0) is 37.1 Å². The summed E-state index contributed by atoms with van der Waals surface area (Å²) < 4.78 is 18.8. The molecular formula is C22H28FN3O3. The fraction of sp³-hybridized carbons (Fsp3) is 0.364. The lowest BCUT2D eigenvalue weighted by atomic mass is 10.1. The lowest BCUT2D eigenvalue weighted by Gasteiger charge is -2.21. The van der Waals surface area contributed by atoms with Crippen molar-refractivity contribution >= 4 is 17.5 Å². The molecule has 0 aliphatic rings. The number of halogens is 1. The van der Waals surface area contributed by atoms with E-state index in [9.17, 15) is 14.0 Å². The number of amides is 2. The van der Waals surface area contributed by atoms with Crippen LogP contribution in [0.15, 0.2) is 42.5 Å². The normalized spacial score (nSPS) is 10.8. The summed E-state index contributed by atoms with van der Waals surface area (Å²) in [7, 11) is 1.56. The third kappa shape index (κ3) is 7.29. The monoisotopic (exact) mass is 401 g/mol. The lowest BCUT2D eigenvalue weighted by molar-refractivity contribution is -0.123. The first-order valence-electron chi connectivity index (χ1n) is 9.48. The van der Waals surface area contributed by atoms with Crippen LogP contribution < -0.4 is 10.6 Å². The van der Waals surface area contributed by atoms with Crippen molar-refractivity contribution in [2.75, 3.05) is 38.7 Å². The Kier molecular flexibility index (Phi) is 8.76. The van der Waals surface area contributed by atoms with Crippen LogP contribution in [0.5, 0.6) is 0 Å². The van der Waals surface area contributed by atoms with Crippen LogP contribution in [0.4, 0.5) is 10.1 Å². The maximum Gasteiger partial charge on any atom is 0.238 e. The van der Waals surface area contributed by atoms with Gasteiger partial charge in [0.2, 0.25) is 11.8 Å². The van der Waals surface area contributed by atoms with Crippen LogP contribution in [-0.2, 0) is 20.9 Å². The Bertz CT molecular complexity index is 842. The van der Waals surface area contributed by atoms with Crippen molar-refractivity contribution in [3.05, 3.63) is 65.0 Å². The van der Waals surface area contributed by atoms with Gasteiger partial charge in [-0.25, -0.2) is 4.39 Å². The van der Waals surface area contributed by atoms with Crippen LogP contribution in [0.3, 0.4) is 0 Å². The molecule has 0 bridgehead atoms. The second kappa shape index (κ2) is 11.3. The van der Waals surface area contributed by atoms with Crippen molar-refractivity contribution in [3.8, 4) is 0 Å². The quantitative estimate of drug-likeness (QED) is 0.642. The molecule has 2 aromatic rings.